The molecule has 0 radical (unpaired) electrons. The van der Waals surface area contributed by atoms with E-state index in [2.05, 4.69) is 43.0 Å². The third kappa shape index (κ3) is 2.13. The first kappa shape index (κ1) is 10.9. The fourth-order valence-electron chi connectivity index (χ4n) is 1.69. The van der Waals surface area contributed by atoms with Crippen molar-refractivity contribution in [1.29, 1.82) is 0 Å². The Morgan fingerprint density at radius 1 is 1.25 bits per heavy atom. The van der Waals surface area contributed by atoms with Gasteiger partial charge in [-0.15, -0.1) is 0 Å². The number of pyridine rings is 1. The van der Waals surface area contributed by atoms with Crippen LogP contribution in [-0.2, 0) is 7.05 Å². The largest absolute Gasteiger partial charge is 0.275 e. The molecule has 0 amide bonds. The maximum Gasteiger partial charge on any atom is 0.0739 e. The molecule has 0 aliphatic rings. The number of aromatic nitrogens is 3. The minimum absolute atomic E-state index is 0.454. The van der Waals surface area contributed by atoms with Crippen molar-refractivity contribution in [2.45, 2.75) is 26.7 Å². The summed E-state index contributed by atoms with van der Waals surface area (Å²) in [5, 5.41) is 4.17. The molecule has 3 nitrogen and oxygen atoms in total. The summed E-state index contributed by atoms with van der Waals surface area (Å²) < 4.78 is 1.80. The molecule has 0 atom stereocenters. The first-order chi connectivity index (χ1) is 7.56. The van der Waals surface area contributed by atoms with Crippen molar-refractivity contribution < 1.29 is 0 Å². The van der Waals surface area contributed by atoms with E-state index in [-0.39, 0.29) is 0 Å². The molecule has 0 bridgehead atoms. The quantitative estimate of drug-likeness (QED) is 0.771. The first-order valence-electron chi connectivity index (χ1n) is 5.54. The number of aryl methyl sites for hydroxylation is 2. The second-order valence-electron chi connectivity index (χ2n) is 4.51. The normalized spacial score (nSPS) is 11.1. The van der Waals surface area contributed by atoms with Gasteiger partial charge in [0.2, 0.25) is 0 Å². The molecular formula is C13H17N3. The maximum absolute atomic E-state index is 4.66. The number of rotatable bonds is 2. The van der Waals surface area contributed by atoms with E-state index in [9.17, 15) is 0 Å². The van der Waals surface area contributed by atoms with Gasteiger partial charge < -0.3 is 0 Å². The van der Waals surface area contributed by atoms with Gasteiger partial charge >= 0.3 is 0 Å². The molecule has 0 saturated heterocycles. The summed E-state index contributed by atoms with van der Waals surface area (Å²) in [6.45, 7) is 6.43. The summed E-state index contributed by atoms with van der Waals surface area (Å²) in [6.07, 6.45) is 3.84. The van der Waals surface area contributed by atoms with E-state index in [0.717, 1.165) is 17.0 Å². The zero-order chi connectivity index (χ0) is 11.7. The fourth-order valence-corrected chi connectivity index (χ4v) is 1.69. The van der Waals surface area contributed by atoms with Crippen molar-refractivity contribution in [1.82, 2.24) is 14.8 Å². The molecule has 2 aromatic heterocycles. The lowest BCUT2D eigenvalue weighted by Gasteiger charge is -2.08. The van der Waals surface area contributed by atoms with Crippen LogP contribution in [0.1, 0.15) is 31.0 Å². The van der Waals surface area contributed by atoms with Crippen LogP contribution in [0.2, 0.25) is 0 Å². The second kappa shape index (κ2) is 4.08. The maximum atomic E-state index is 4.66. The highest BCUT2D eigenvalue weighted by Crippen LogP contribution is 2.21. The fraction of sp³-hybridized carbons (Fsp3) is 0.385. The molecule has 0 aliphatic heterocycles. The highest BCUT2D eigenvalue weighted by atomic mass is 15.2. The van der Waals surface area contributed by atoms with Gasteiger partial charge in [-0.1, -0.05) is 13.8 Å². The molecule has 0 N–H and O–H groups in total. The van der Waals surface area contributed by atoms with E-state index in [0.29, 0.717) is 5.92 Å². The van der Waals surface area contributed by atoms with Crippen LogP contribution in [-0.4, -0.2) is 14.8 Å². The third-order valence-corrected chi connectivity index (χ3v) is 2.58. The summed E-state index contributed by atoms with van der Waals surface area (Å²) in [5.41, 5.74) is 4.47. The van der Waals surface area contributed by atoms with Crippen LogP contribution in [0.4, 0.5) is 0 Å². The topological polar surface area (TPSA) is 30.7 Å². The number of nitrogens with zero attached hydrogens (tertiary/aromatic N) is 3. The molecule has 2 heterocycles. The molecule has 0 aliphatic carbocycles. The molecular weight excluding hydrogens is 198 g/mol. The van der Waals surface area contributed by atoms with Crippen LogP contribution in [0.15, 0.2) is 24.5 Å². The highest BCUT2D eigenvalue weighted by molar-refractivity contribution is 5.58. The zero-order valence-corrected chi connectivity index (χ0v) is 10.2. The average molecular weight is 215 g/mol. The van der Waals surface area contributed by atoms with Crippen molar-refractivity contribution in [3.05, 3.63) is 35.8 Å². The van der Waals surface area contributed by atoms with Gasteiger partial charge in [-0.2, -0.15) is 5.10 Å². The standard InChI is InChI=1S/C13H17N3/c1-9(2)12-5-10(3)6-13(15-12)11-7-14-16(4)8-11/h5-9H,1-4H3. The van der Waals surface area contributed by atoms with Crippen LogP contribution in [0.3, 0.4) is 0 Å². The smallest absolute Gasteiger partial charge is 0.0739 e. The van der Waals surface area contributed by atoms with E-state index in [1.807, 2.05) is 19.4 Å². The molecule has 0 aromatic carbocycles. The van der Waals surface area contributed by atoms with Gasteiger partial charge in [-0.25, -0.2) is 0 Å². The SMILES string of the molecule is Cc1cc(-c2cnn(C)c2)nc(C(C)C)c1. The molecule has 2 rings (SSSR count). The predicted molar refractivity (Wildman–Crippen MR) is 65.3 cm³/mol. The molecule has 0 unspecified atom stereocenters. The summed E-state index contributed by atoms with van der Waals surface area (Å²) in [6, 6.07) is 4.24. The lowest BCUT2D eigenvalue weighted by atomic mass is 10.1. The summed E-state index contributed by atoms with van der Waals surface area (Å²) >= 11 is 0. The van der Waals surface area contributed by atoms with Gasteiger partial charge in [0, 0.05) is 24.5 Å². The van der Waals surface area contributed by atoms with E-state index in [4.69, 9.17) is 0 Å². The summed E-state index contributed by atoms with van der Waals surface area (Å²) in [4.78, 5) is 4.66. The predicted octanol–water partition coefficient (Wildman–Crippen LogP) is 2.91. The van der Waals surface area contributed by atoms with Gasteiger partial charge in [0.15, 0.2) is 0 Å². The average Bonchev–Trinajstić information content (AvgIpc) is 2.64. The van der Waals surface area contributed by atoms with Gasteiger partial charge in [0.25, 0.3) is 0 Å². The molecule has 0 spiro atoms. The molecule has 0 saturated carbocycles. The summed E-state index contributed by atoms with van der Waals surface area (Å²) in [5.74, 6) is 0.454. The summed E-state index contributed by atoms with van der Waals surface area (Å²) in [7, 11) is 1.92. The van der Waals surface area contributed by atoms with E-state index in [1.54, 1.807) is 4.68 Å². The Bertz CT molecular complexity index is 498. The van der Waals surface area contributed by atoms with Crippen LogP contribution in [0, 0.1) is 6.92 Å². The third-order valence-electron chi connectivity index (χ3n) is 2.58. The van der Waals surface area contributed by atoms with Crippen LogP contribution in [0.5, 0.6) is 0 Å². The van der Waals surface area contributed by atoms with Crippen molar-refractivity contribution in [2.75, 3.05) is 0 Å². The van der Waals surface area contributed by atoms with Gasteiger partial charge in [-0.05, 0) is 30.5 Å². The Labute approximate surface area is 96.1 Å². The highest BCUT2D eigenvalue weighted by Gasteiger charge is 2.07. The Morgan fingerprint density at radius 2 is 2.00 bits per heavy atom. The number of hydrogen-bond acceptors (Lipinski definition) is 2. The molecule has 2 aromatic rings. The molecule has 0 fully saturated rings. The van der Waals surface area contributed by atoms with Gasteiger partial charge in [0.1, 0.15) is 0 Å². The Balaban J connectivity index is 2.49. The second-order valence-corrected chi connectivity index (χ2v) is 4.51. The molecule has 84 valence electrons. The monoisotopic (exact) mass is 215 g/mol. The van der Waals surface area contributed by atoms with Crippen LogP contribution < -0.4 is 0 Å². The van der Waals surface area contributed by atoms with Crippen LogP contribution >= 0.6 is 0 Å². The van der Waals surface area contributed by atoms with E-state index in [1.165, 1.54) is 5.56 Å². The lowest BCUT2D eigenvalue weighted by Crippen LogP contribution is -1.95. The minimum atomic E-state index is 0.454. The first-order valence-corrected chi connectivity index (χ1v) is 5.54. The molecule has 3 heteroatoms. The van der Waals surface area contributed by atoms with Crippen molar-refractivity contribution >= 4 is 0 Å². The van der Waals surface area contributed by atoms with Crippen molar-refractivity contribution in [3.8, 4) is 11.3 Å². The number of hydrogen-bond donors (Lipinski definition) is 0. The Kier molecular flexibility index (Phi) is 2.77. The van der Waals surface area contributed by atoms with E-state index >= 15 is 0 Å². The zero-order valence-electron chi connectivity index (χ0n) is 10.2. The van der Waals surface area contributed by atoms with Crippen molar-refractivity contribution in [3.63, 3.8) is 0 Å². The van der Waals surface area contributed by atoms with E-state index < -0.39 is 0 Å². The minimum Gasteiger partial charge on any atom is -0.275 e. The van der Waals surface area contributed by atoms with Crippen LogP contribution in [0.25, 0.3) is 11.3 Å². The Hall–Kier alpha value is -1.64. The molecule has 16 heavy (non-hydrogen) atoms. The lowest BCUT2D eigenvalue weighted by molar-refractivity contribution is 0.768. The Morgan fingerprint density at radius 3 is 2.56 bits per heavy atom. The van der Waals surface area contributed by atoms with Gasteiger partial charge in [0.05, 0.1) is 11.9 Å². The van der Waals surface area contributed by atoms with Gasteiger partial charge in [-0.3, -0.25) is 9.67 Å². The van der Waals surface area contributed by atoms with Crippen molar-refractivity contribution in [2.24, 2.45) is 7.05 Å².